The lowest BCUT2D eigenvalue weighted by molar-refractivity contribution is -0.114. The Morgan fingerprint density at radius 3 is 2.15 bits per heavy atom. The van der Waals surface area contributed by atoms with E-state index >= 15 is 0 Å². The van der Waals surface area contributed by atoms with E-state index in [2.05, 4.69) is 10.6 Å². The molecule has 27 heavy (non-hydrogen) atoms. The molecule has 7 nitrogen and oxygen atoms in total. The third-order valence-corrected chi connectivity index (χ3v) is 3.91. The highest BCUT2D eigenvalue weighted by Gasteiger charge is 2.15. The minimum absolute atomic E-state index is 0.184. The van der Waals surface area contributed by atoms with Gasteiger partial charge >= 0.3 is 0 Å². The highest BCUT2D eigenvalue weighted by Crippen LogP contribution is 2.27. The Morgan fingerprint density at radius 2 is 1.56 bits per heavy atom. The molecule has 0 radical (unpaired) electrons. The van der Waals surface area contributed by atoms with Crippen LogP contribution in [0.4, 0.5) is 11.4 Å². The maximum atomic E-state index is 12.7. The topological polar surface area (TPSA) is 87.7 Å². The number of rotatable bonds is 5. The second kappa shape index (κ2) is 8.35. The molecule has 0 saturated heterocycles. The van der Waals surface area contributed by atoms with Gasteiger partial charge in [0.05, 0.1) is 12.8 Å². The summed E-state index contributed by atoms with van der Waals surface area (Å²) in [5, 5.41) is 5.46. The molecule has 3 amide bonds. The summed E-state index contributed by atoms with van der Waals surface area (Å²) in [5.74, 6) is -0.342. The van der Waals surface area contributed by atoms with Gasteiger partial charge in [-0.3, -0.25) is 14.4 Å². The number of nitrogens with zero attached hydrogens (tertiary/aromatic N) is 1. The molecule has 0 heterocycles. The summed E-state index contributed by atoms with van der Waals surface area (Å²) in [6.45, 7) is 3.25. The van der Waals surface area contributed by atoms with Gasteiger partial charge in [-0.05, 0) is 42.8 Å². The van der Waals surface area contributed by atoms with Gasteiger partial charge in [0.15, 0.2) is 0 Å². The molecule has 0 spiro atoms. The van der Waals surface area contributed by atoms with E-state index in [9.17, 15) is 14.4 Å². The van der Waals surface area contributed by atoms with Gasteiger partial charge in [0.25, 0.3) is 11.8 Å². The number of carbonyl (C=O) groups excluding carboxylic acids is 3. The van der Waals surface area contributed by atoms with Crippen molar-refractivity contribution >= 4 is 29.1 Å². The van der Waals surface area contributed by atoms with Crippen molar-refractivity contribution in [1.82, 2.24) is 4.90 Å². The molecule has 2 rings (SSSR count). The van der Waals surface area contributed by atoms with Gasteiger partial charge in [-0.1, -0.05) is 6.07 Å². The van der Waals surface area contributed by atoms with Crippen LogP contribution in [0.2, 0.25) is 0 Å². The average molecular weight is 369 g/mol. The van der Waals surface area contributed by atoms with E-state index in [1.54, 1.807) is 50.5 Å². The van der Waals surface area contributed by atoms with Gasteiger partial charge in [0.1, 0.15) is 5.75 Å². The Labute approximate surface area is 158 Å². The molecule has 0 unspecified atom stereocenters. The van der Waals surface area contributed by atoms with Crippen molar-refractivity contribution in [2.45, 2.75) is 13.8 Å². The fourth-order valence-electron chi connectivity index (χ4n) is 2.48. The van der Waals surface area contributed by atoms with E-state index in [4.69, 9.17) is 4.74 Å². The molecule has 0 atom stereocenters. The van der Waals surface area contributed by atoms with Gasteiger partial charge in [0.2, 0.25) is 5.91 Å². The zero-order valence-electron chi connectivity index (χ0n) is 16.0. The van der Waals surface area contributed by atoms with Crippen molar-refractivity contribution < 1.29 is 19.1 Å². The Bertz CT molecular complexity index is 891. The lowest BCUT2D eigenvalue weighted by Gasteiger charge is -2.15. The molecule has 7 heteroatoms. The van der Waals surface area contributed by atoms with Crippen LogP contribution in [0.1, 0.15) is 33.2 Å². The Morgan fingerprint density at radius 1 is 0.926 bits per heavy atom. The molecule has 2 N–H and O–H groups in total. The van der Waals surface area contributed by atoms with Gasteiger partial charge in [-0.2, -0.15) is 0 Å². The lowest BCUT2D eigenvalue weighted by Crippen LogP contribution is -2.22. The van der Waals surface area contributed by atoms with Crippen LogP contribution in [0.3, 0.4) is 0 Å². The van der Waals surface area contributed by atoms with E-state index < -0.39 is 0 Å². The highest BCUT2D eigenvalue weighted by molar-refractivity contribution is 6.07. The molecule has 0 fully saturated rings. The molecular formula is C20H23N3O4. The fraction of sp³-hybridized carbons (Fsp3) is 0.250. The number of aryl methyl sites for hydroxylation is 1. The van der Waals surface area contributed by atoms with Crippen molar-refractivity contribution in [3.63, 3.8) is 0 Å². The number of methoxy groups -OCH3 is 1. The Balaban J connectivity index is 2.33. The number of ether oxygens (including phenoxy) is 1. The van der Waals surface area contributed by atoms with Crippen LogP contribution in [0.25, 0.3) is 0 Å². The van der Waals surface area contributed by atoms with Crippen LogP contribution in [0.15, 0.2) is 36.4 Å². The second-order valence-corrected chi connectivity index (χ2v) is 6.28. The lowest BCUT2D eigenvalue weighted by atomic mass is 10.1. The van der Waals surface area contributed by atoms with Crippen molar-refractivity contribution in [3.05, 3.63) is 53.1 Å². The number of benzene rings is 2. The summed E-state index contributed by atoms with van der Waals surface area (Å²) < 4.78 is 5.28. The summed E-state index contributed by atoms with van der Waals surface area (Å²) in [6.07, 6.45) is 0. The van der Waals surface area contributed by atoms with E-state index in [1.165, 1.54) is 18.9 Å². The van der Waals surface area contributed by atoms with E-state index in [1.807, 2.05) is 6.92 Å². The molecule has 2 aromatic rings. The maximum Gasteiger partial charge on any atom is 0.255 e. The minimum Gasteiger partial charge on any atom is -0.495 e. The summed E-state index contributed by atoms with van der Waals surface area (Å²) >= 11 is 0. The predicted octanol–water partition coefficient (Wildman–Crippen LogP) is 2.92. The Hall–Kier alpha value is -3.35. The number of nitrogens with one attached hydrogen (secondary N) is 2. The molecule has 0 aliphatic carbocycles. The number of amides is 3. The average Bonchev–Trinajstić information content (AvgIpc) is 2.62. The zero-order chi connectivity index (χ0) is 20.1. The SMILES string of the molecule is COc1ccc(C(=O)N(C)C)cc1NC(=O)c1ccc(C)c(NC(C)=O)c1. The smallest absolute Gasteiger partial charge is 0.255 e. The first-order valence-corrected chi connectivity index (χ1v) is 8.32. The zero-order valence-corrected chi connectivity index (χ0v) is 16.0. The number of hydrogen-bond acceptors (Lipinski definition) is 4. The van der Waals surface area contributed by atoms with Crippen LogP contribution in [0.5, 0.6) is 5.75 Å². The van der Waals surface area contributed by atoms with Crippen LogP contribution in [-0.2, 0) is 4.79 Å². The van der Waals surface area contributed by atoms with E-state index in [0.717, 1.165) is 5.56 Å². The number of carbonyl (C=O) groups is 3. The molecule has 0 bridgehead atoms. The third-order valence-electron chi connectivity index (χ3n) is 3.91. The van der Waals surface area contributed by atoms with Crippen molar-refractivity contribution in [2.75, 3.05) is 31.8 Å². The van der Waals surface area contributed by atoms with Gasteiger partial charge in [0, 0.05) is 37.8 Å². The minimum atomic E-state index is -0.380. The molecule has 0 aromatic heterocycles. The van der Waals surface area contributed by atoms with Gasteiger partial charge in [-0.15, -0.1) is 0 Å². The summed E-state index contributed by atoms with van der Waals surface area (Å²) in [5.41, 5.74) is 2.60. The normalized spacial score (nSPS) is 10.1. The summed E-state index contributed by atoms with van der Waals surface area (Å²) in [7, 11) is 4.79. The molecule has 0 saturated carbocycles. The van der Waals surface area contributed by atoms with E-state index in [0.29, 0.717) is 28.3 Å². The van der Waals surface area contributed by atoms with Crippen molar-refractivity contribution in [2.24, 2.45) is 0 Å². The largest absolute Gasteiger partial charge is 0.495 e. The summed E-state index contributed by atoms with van der Waals surface area (Å²) in [6, 6.07) is 9.86. The van der Waals surface area contributed by atoms with Crippen LogP contribution in [0, 0.1) is 6.92 Å². The van der Waals surface area contributed by atoms with Gasteiger partial charge < -0.3 is 20.3 Å². The van der Waals surface area contributed by atoms with Gasteiger partial charge in [-0.25, -0.2) is 0 Å². The number of anilines is 2. The summed E-state index contributed by atoms with van der Waals surface area (Å²) in [4.78, 5) is 37.6. The van der Waals surface area contributed by atoms with Crippen molar-refractivity contribution in [3.8, 4) is 5.75 Å². The molecule has 0 aliphatic heterocycles. The third kappa shape index (κ3) is 4.84. The first-order chi connectivity index (χ1) is 12.7. The molecular weight excluding hydrogens is 346 g/mol. The Kier molecular flexibility index (Phi) is 6.18. The second-order valence-electron chi connectivity index (χ2n) is 6.28. The standard InChI is InChI=1S/C20H23N3O4/c1-12-6-7-14(10-16(12)21-13(2)24)19(25)22-17-11-15(20(26)23(3)4)8-9-18(17)27-5/h6-11H,1-5H3,(H,21,24)(H,22,25). The fourth-order valence-corrected chi connectivity index (χ4v) is 2.48. The molecule has 142 valence electrons. The molecule has 2 aromatic carbocycles. The number of hydrogen-bond donors (Lipinski definition) is 2. The molecule has 0 aliphatic rings. The van der Waals surface area contributed by atoms with Crippen LogP contribution in [-0.4, -0.2) is 43.8 Å². The van der Waals surface area contributed by atoms with E-state index in [-0.39, 0.29) is 17.7 Å². The first kappa shape index (κ1) is 20.0. The van der Waals surface area contributed by atoms with Crippen molar-refractivity contribution in [1.29, 1.82) is 0 Å². The monoisotopic (exact) mass is 369 g/mol. The maximum absolute atomic E-state index is 12.7. The quantitative estimate of drug-likeness (QED) is 0.848. The highest BCUT2D eigenvalue weighted by atomic mass is 16.5. The van der Waals surface area contributed by atoms with Crippen LogP contribution < -0.4 is 15.4 Å². The first-order valence-electron chi connectivity index (χ1n) is 8.32. The predicted molar refractivity (Wildman–Crippen MR) is 104 cm³/mol. The van der Waals surface area contributed by atoms with Crippen LogP contribution >= 0.6 is 0 Å².